The number of ether oxygens (including phenoxy) is 1. The second-order valence-corrected chi connectivity index (χ2v) is 7.74. The predicted octanol–water partition coefficient (Wildman–Crippen LogP) is 4.40. The normalized spacial score (nSPS) is 10.7. The van der Waals surface area contributed by atoms with E-state index in [0.717, 1.165) is 11.3 Å². The van der Waals surface area contributed by atoms with Gasteiger partial charge in [0.2, 0.25) is 5.91 Å². The smallest absolute Gasteiger partial charge is 0.234 e. The van der Waals surface area contributed by atoms with Crippen molar-refractivity contribution in [1.82, 2.24) is 14.8 Å². The molecule has 0 saturated carbocycles. The fourth-order valence-corrected chi connectivity index (χ4v) is 3.51. The standard InChI is InChI=1S/C20H21ClN4O2S/c1-13-7-8-17(14(2)9-13)27-11-18-23-24-20(25(18)3)28-12-19(26)22-16-6-4-5-15(21)10-16/h4-10H,11-12H2,1-3H3,(H,22,26). The summed E-state index contributed by atoms with van der Waals surface area (Å²) >= 11 is 7.24. The number of thioether (sulfide) groups is 1. The monoisotopic (exact) mass is 416 g/mol. The van der Waals surface area contributed by atoms with Gasteiger partial charge in [-0.1, -0.05) is 47.1 Å². The Labute approximate surface area is 173 Å². The van der Waals surface area contributed by atoms with Crippen molar-refractivity contribution in [2.75, 3.05) is 11.1 Å². The number of halogens is 1. The Balaban J connectivity index is 1.54. The molecule has 3 aromatic rings. The molecule has 0 radical (unpaired) electrons. The van der Waals surface area contributed by atoms with Crippen LogP contribution >= 0.6 is 23.4 Å². The molecule has 0 aliphatic carbocycles. The molecule has 0 aliphatic heterocycles. The fourth-order valence-electron chi connectivity index (χ4n) is 2.59. The Kier molecular flexibility index (Phi) is 6.59. The molecule has 0 fully saturated rings. The van der Waals surface area contributed by atoms with Crippen molar-refractivity contribution >= 4 is 35.0 Å². The van der Waals surface area contributed by atoms with Crippen LogP contribution in [0.5, 0.6) is 5.75 Å². The number of hydrogen-bond donors (Lipinski definition) is 1. The first-order valence-electron chi connectivity index (χ1n) is 8.69. The summed E-state index contributed by atoms with van der Waals surface area (Å²) in [6, 6.07) is 13.1. The highest BCUT2D eigenvalue weighted by atomic mass is 35.5. The number of carbonyl (C=O) groups is 1. The molecule has 8 heteroatoms. The van der Waals surface area contributed by atoms with E-state index in [9.17, 15) is 4.79 Å². The first-order valence-corrected chi connectivity index (χ1v) is 10.1. The summed E-state index contributed by atoms with van der Waals surface area (Å²) in [5.41, 5.74) is 2.94. The third-order valence-electron chi connectivity index (χ3n) is 4.05. The molecule has 0 atom stereocenters. The molecule has 3 rings (SSSR count). The highest BCUT2D eigenvalue weighted by Crippen LogP contribution is 2.21. The molecule has 2 aromatic carbocycles. The van der Waals surface area contributed by atoms with E-state index >= 15 is 0 Å². The first kappa shape index (κ1) is 20.2. The lowest BCUT2D eigenvalue weighted by atomic mass is 10.1. The van der Waals surface area contributed by atoms with E-state index in [1.54, 1.807) is 24.3 Å². The molecule has 28 heavy (non-hydrogen) atoms. The van der Waals surface area contributed by atoms with E-state index in [1.165, 1.54) is 17.3 Å². The Morgan fingerprint density at radius 2 is 2.04 bits per heavy atom. The number of aryl methyl sites for hydroxylation is 2. The van der Waals surface area contributed by atoms with Crippen LogP contribution in [0.1, 0.15) is 17.0 Å². The molecule has 0 unspecified atom stereocenters. The van der Waals surface area contributed by atoms with Crippen LogP contribution in [0, 0.1) is 13.8 Å². The second kappa shape index (κ2) is 9.12. The molecule has 1 heterocycles. The van der Waals surface area contributed by atoms with Crippen LogP contribution in [0.3, 0.4) is 0 Å². The van der Waals surface area contributed by atoms with Crippen molar-refractivity contribution in [3.63, 3.8) is 0 Å². The third-order valence-corrected chi connectivity index (χ3v) is 5.31. The van der Waals surface area contributed by atoms with Gasteiger partial charge in [-0.05, 0) is 43.7 Å². The molecular weight excluding hydrogens is 396 g/mol. The average Bonchev–Trinajstić information content (AvgIpc) is 2.99. The molecule has 0 bridgehead atoms. The molecule has 0 saturated heterocycles. The summed E-state index contributed by atoms with van der Waals surface area (Å²) in [5.74, 6) is 1.60. The highest BCUT2D eigenvalue weighted by molar-refractivity contribution is 7.99. The van der Waals surface area contributed by atoms with Crippen molar-refractivity contribution in [3.05, 3.63) is 64.4 Å². The maximum absolute atomic E-state index is 12.1. The minimum absolute atomic E-state index is 0.136. The molecule has 0 aliphatic rings. The SMILES string of the molecule is Cc1ccc(OCc2nnc(SCC(=O)Nc3cccc(Cl)c3)n2C)c(C)c1. The number of hydrogen-bond acceptors (Lipinski definition) is 5. The zero-order valence-electron chi connectivity index (χ0n) is 15.9. The summed E-state index contributed by atoms with van der Waals surface area (Å²) in [7, 11) is 1.86. The number of aromatic nitrogens is 3. The predicted molar refractivity (Wildman–Crippen MR) is 112 cm³/mol. The van der Waals surface area contributed by atoms with E-state index in [2.05, 4.69) is 21.6 Å². The topological polar surface area (TPSA) is 69.0 Å². The minimum Gasteiger partial charge on any atom is -0.485 e. The Morgan fingerprint density at radius 3 is 2.79 bits per heavy atom. The van der Waals surface area contributed by atoms with Crippen LogP contribution in [0.25, 0.3) is 0 Å². The minimum atomic E-state index is -0.136. The number of rotatable bonds is 7. The van der Waals surface area contributed by atoms with Gasteiger partial charge in [-0.25, -0.2) is 0 Å². The lowest BCUT2D eigenvalue weighted by molar-refractivity contribution is -0.113. The van der Waals surface area contributed by atoms with Gasteiger partial charge in [-0.15, -0.1) is 10.2 Å². The summed E-state index contributed by atoms with van der Waals surface area (Å²) in [5, 5.41) is 12.4. The van der Waals surface area contributed by atoms with Crippen LogP contribution in [0.2, 0.25) is 5.02 Å². The van der Waals surface area contributed by atoms with Crippen molar-refractivity contribution in [3.8, 4) is 5.75 Å². The van der Waals surface area contributed by atoms with Crippen molar-refractivity contribution in [1.29, 1.82) is 0 Å². The Hall–Kier alpha value is -2.51. The molecule has 6 nitrogen and oxygen atoms in total. The van der Waals surface area contributed by atoms with Crippen molar-refractivity contribution in [2.24, 2.45) is 7.05 Å². The van der Waals surface area contributed by atoms with E-state index in [-0.39, 0.29) is 11.7 Å². The number of amides is 1. The van der Waals surface area contributed by atoms with Gasteiger partial charge in [-0.3, -0.25) is 4.79 Å². The summed E-state index contributed by atoms with van der Waals surface area (Å²) in [6.45, 7) is 4.37. The van der Waals surface area contributed by atoms with Gasteiger partial charge >= 0.3 is 0 Å². The molecular formula is C20H21ClN4O2S. The van der Waals surface area contributed by atoms with Crippen molar-refractivity contribution in [2.45, 2.75) is 25.6 Å². The van der Waals surface area contributed by atoms with Crippen LogP contribution in [0.4, 0.5) is 5.69 Å². The molecule has 0 spiro atoms. The van der Waals surface area contributed by atoms with Gasteiger partial charge in [-0.2, -0.15) is 0 Å². The van der Waals surface area contributed by atoms with Crippen LogP contribution in [-0.4, -0.2) is 26.4 Å². The number of nitrogens with one attached hydrogen (secondary N) is 1. The number of carbonyl (C=O) groups excluding carboxylic acids is 1. The van der Waals surface area contributed by atoms with Gasteiger partial charge in [0.1, 0.15) is 12.4 Å². The van der Waals surface area contributed by atoms with E-state index in [0.29, 0.717) is 28.3 Å². The van der Waals surface area contributed by atoms with Crippen molar-refractivity contribution < 1.29 is 9.53 Å². The third kappa shape index (κ3) is 5.27. The molecule has 1 amide bonds. The number of benzene rings is 2. The van der Waals surface area contributed by atoms with E-state index in [1.807, 2.05) is 37.6 Å². The van der Waals surface area contributed by atoms with Gasteiger partial charge in [0.25, 0.3) is 0 Å². The van der Waals surface area contributed by atoms with E-state index in [4.69, 9.17) is 16.3 Å². The summed E-state index contributed by atoms with van der Waals surface area (Å²) < 4.78 is 7.70. The lowest BCUT2D eigenvalue weighted by Gasteiger charge is -2.09. The highest BCUT2D eigenvalue weighted by Gasteiger charge is 2.13. The molecule has 1 N–H and O–H groups in total. The van der Waals surface area contributed by atoms with Gasteiger partial charge in [0, 0.05) is 17.8 Å². The zero-order chi connectivity index (χ0) is 20.1. The van der Waals surface area contributed by atoms with Gasteiger partial charge < -0.3 is 14.6 Å². The molecule has 1 aromatic heterocycles. The Bertz CT molecular complexity index is 990. The van der Waals surface area contributed by atoms with Crippen LogP contribution in [0.15, 0.2) is 47.6 Å². The van der Waals surface area contributed by atoms with E-state index < -0.39 is 0 Å². The van der Waals surface area contributed by atoms with Crippen LogP contribution < -0.4 is 10.1 Å². The van der Waals surface area contributed by atoms with Gasteiger partial charge in [0.05, 0.1) is 5.75 Å². The zero-order valence-corrected chi connectivity index (χ0v) is 17.5. The largest absolute Gasteiger partial charge is 0.485 e. The second-order valence-electron chi connectivity index (χ2n) is 6.36. The fraction of sp³-hybridized carbons (Fsp3) is 0.250. The molecule has 146 valence electrons. The summed E-state index contributed by atoms with van der Waals surface area (Å²) in [4.78, 5) is 12.1. The van der Waals surface area contributed by atoms with Gasteiger partial charge in [0.15, 0.2) is 11.0 Å². The summed E-state index contributed by atoms with van der Waals surface area (Å²) in [6.07, 6.45) is 0. The lowest BCUT2D eigenvalue weighted by Crippen LogP contribution is -2.14. The van der Waals surface area contributed by atoms with Crippen LogP contribution in [-0.2, 0) is 18.4 Å². The number of anilines is 1. The Morgan fingerprint density at radius 1 is 1.21 bits per heavy atom. The maximum atomic E-state index is 12.1. The first-order chi connectivity index (χ1) is 13.4. The maximum Gasteiger partial charge on any atom is 0.234 e. The average molecular weight is 417 g/mol. The number of nitrogens with zero attached hydrogens (tertiary/aromatic N) is 3. The quantitative estimate of drug-likeness (QED) is 0.578.